The number of aliphatic hydroxyl groups excluding tert-OH is 1. The first kappa shape index (κ1) is 10.4. The average Bonchev–Trinajstić information content (AvgIpc) is 2.64. The van der Waals surface area contributed by atoms with Crippen molar-refractivity contribution in [3.63, 3.8) is 0 Å². The van der Waals surface area contributed by atoms with Crippen molar-refractivity contribution in [1.29, 1.82) is 0 Å². The van der Waals surface area contributed by atoms with Gasteiger partial charge in [0.05, 0.1) is 19.3 Å². The molecule has 0 spiro atoms. The molecule has 0 fully saturated rings. The molecule has 4 nitrogen and oxygen atoms in total. The normalized spacial score (nSPS) is 18.6. The number of aromatic hydroxyl groups is 1. The largest absolute Gasteiger partial charge is 0.508 e. The summed E-state index contributed by atoms with van der Waals surface area (Å²) in [5.41, 5.74) is 8.03. The molecular formula is C11H15NO3. The van der Waals surface area contributed by atoms with Gasteiger partial charge in [-0.25, -0.2) is 0 Å². The number of fused-ring (bicyclic) bond motifs is 1. The Labute approximate surface area is 88.3 Å². The van der Waals surface area contributed by atoms with E-state index in [1.54, 1.807) is 13.0 Å². The van der Waals surface area contributed by atoms with Crippen LogP contribution in [-0.2, 0) is 18.0 Å². The van der Waals surface area contributed by atoms with Gasteiger partial charge in [-0.3, -0.25) is 0 Å². The molecule has 0 radical (unpaired) electrons. The van der Waals surface area contributed by atoms with Gasteiger partial charge in [0.1, 0.15) is 5.75 Å². The summed E-state index contributed by atoms with van der Waals surface area (Å²) in [6.07, 6.45) is -0.846. The fourth-order valence-electron chi connectivity index (χ4n) is 1.86. The maximum atomic E-state index is 9.90. The predicted octanol–water partition coefficient (Wildman–Crippen LogP) is 0.803. The fraction of sp³-hybridized carbons (Fsp3) is 0.455. The lowest BCUT2D eigenvalue weighted by molar-refractivity contribution is 0.127. The molecule has 0 saturated carbocycles. The van der Waals surface area contributed by atoms with Gasteiger partial charge in [0.25, 0.3) is 0 Å². The second-order valence-corrected chi connectivity index (χ2v) is 3.93. The molecule has 1 aromatic rings. The van der Waals surface area contributed by atoms with Crippen LogP contribution in [0.3, 0.4) is 0 Å². The summed E-state index contributed by atoms with van der Waals surface area (Å²) in [6, 6.07) is 2.98. The zero-order valence-electron chi connectivity index (χ0n) is 8.60. The van der Waals surface area contributed by atoms with E-state index in [1.807, 2.05) is 6.07 Å². The molecule has 4 heteroatoms. The minimum absolute atomic E-state index is 0.0871. The standard InChI is InChI=1S/C11H15NO3/c1-6(12)11(14)10-8-5-15-4-7(8)2-3-9(10)13/h2-3,6,11,13-14H,4-5,12H2,1H3. The Hall–Kier alpha value is -1.10. The third-order valence-electron chi connectivity index (χ3n) is 2.73. The number of aliphatic hydroxyl groups is 1. The molecule has 1 aliphatic rings. The SMILES string of the molecule is CC(N)C(O)c1c(O)ccc2c1COC2. The highest BCUT2D eigenvalue weighted by molar-refractivity contribution is 5.47. The van der Waals surface area contributed by atoms with Crippen LogP contribution in [0.4, 0.5) is 0 Å². The molecule has 0 aliphatic carbocycles. The van der Waals surface area contributed by atoms with Crippen LogP contribution in [0.5, 0.6) is 5.75 Å². The second-order valence-electron chi connectivity index (χ2n) is 3.93. The summed E-state index contributed by atoms with van der Waals surface area (Å²) in [4.78, 5) is 0. The van der Waals surface area contributed by atoms with Gasteiger partial charge < -0.3 is 20.7 Å². The Morgan fingerprint density at radius 3 is 2.80 bits per heavy atom. The van der Waals surface area contributed by atoms with Gasteiger partial charge in [0, 0.05) is 11.6 Å². The summed E-state index contributed by atoms with van der Waals surface area (Å²) in [5, 5.41) is 19.6. The number of rotatable bonds is 2. The van der Waals surface area contributed by atoms with E-state index in [0.29, 0.717) is 18.8 Å². The molecule has 82 valence electrons. The smallest absolute Gasteiger partial charge is 0.121 e. The van der Waals surface area contributed by atoms with E-state index >= 15 is 0 Å². The lowest BCUT2D eigenvalue weighted by Crippen LogP contribution is -2.25. The van der Waals surface area contributed by atoms with Crippen LogP contribution >= 0.6 is 0 Å². The highest BCUT2D eigenvalue weighted by atomic mass is 16.5. The summed E-state index contributed by atoms with van der Waals surface area (Å²) < 4.78 is 5.28. The number of nitrogens with two attached hydrogens (primary N) is 1. The first-order valence-corrected chi connectivity index (χ1v) is 4.96. The van der Waals surface area contributed by atoms with Crippen molar-refractivity contribution in [2.45, 2.75) is 32.3 Å². The number of benzene rings is 1. The monoisotopic (exact) mass is 209 g/mol. The van der Waals surface area contributed by atoms with Crippen LogP contribution in [0.2, 0.25) is 0 Å². The van der Waals surface area contributed by atoms with Gasteiger partial charge in [-0.15, -0.1) is 0 Å². The van der Waals surface area contributed by atoms with E-state index < -0.39 is 12.1 Å². The lowest BCUT2D eigenvalue weighted by atomic mass is 9.95. The van der Waals surface area contributed by atoms with Crippen LogP contribution in [0.25, 0.3) is 0 Å². The second kappa shape index (κ2) is 3.81. The number of phenolic OH excluding ortho intramolecular Hbond substituents is 1. The lowest BCUT2D eigenvalue weighted by Gasteiger charge is -2.19. The highest BCUT2D eigenvalue weighted by Crippen LogP contribution is 2.35. The van der Waals surface area contributed by atoms with Gasteiger partial charge in [-0.1, -0.05) is 6.07 Å². The van der Waals surface area contributed by atoms with E-state index in [4.69, 9.17) is 10.5 Å². The van der Waals surface area contributed by atoms with Crippen LogP contribution in [0.15, 0.2) is 12.1 Å². The summed E-state index contributed by atoms with van der Waals surface area (Å²) in [7, 11) is 0. The number of ether oxygens (including phenoxy) is 1. The Morgan fingerprint density at radius 1 is 1.40 bits per heavy atom. The first-order valence-electron chi connectivity index (χ1n) is 4.96. The third kappa shape index (κ3) is 1.71. The summed E-state index contributed by atoms with van der Waals surface area (Å²) >= 11 is 0. The first-order chi connectivity index (χ1) is 7.11. The topological polar surface area (TPSA) is 75.7 Å². The molecule has 2 unspecified atom stereocenters. The molecular weight excluding hydrogens is 194 g/mol. The molecule has 2 rings (SSSR count). The Bertz CT molecular complexity index is 376. The minimum atomic E-state index is -0.846. The molecule has 0 amide bonds. The summed E-state index contributed by atoms with van der Waals surface area (Å²) in [5.74, 6) is 0.0871. The van der Waals surface area contributed by atoms with Crippen molar-refractivity contribution < 1.29 is 14.9 Å². The van der Waals surface area contributed by atoms with E-state index in [1.165, 1.54) is 0 Å². The predicted molar refractivity (Wildman–Crippen MR) is 55.2 cm³/mol. The molecule has 0 saturated heterocycles. The molecule has 1 heterocycles. The molecule has 0 bridgehead atoms. The molecule has 2 atom stereocenters. The quantitative estimate of drug-likeness (QED) is 0.673. The van der Waals surface area contributed by atoms with Crippen LogP contribution in [0, 0.1) is 0 Å². The number of phenols is 1. The number of hydrogen-bond donors (Lipinski definition) is 3. The maximum Gasteiger partial charge on any atom is 0.121 e. The van der Waals surface area contributed by atoms with E-state index in [2.05, 4.69) is 0 Å². The van der Waals surface area contributed by atoms with Crippen LogP contribution in [0.1, 0.15) is 29.7 Å². The zero-order valence-corrected chi connectivity index (χ0v) is 8.60. The van der Waals surface area contributed by atoms with Gasteiger partial charge >= 0.3 is 0 Å². The van der Waals surface area contributed by atoms with Crippen LogP contribution < -0.4 is 5.73 Å². The minimum Gasteiger partial charge on any atom is -0.508 e. The molecule has 0 aromatic heterocycles. The van der Waals surface area contributed by atoms with Gasteiger partial charge in [0.15, 0.2) is 0 Å². The molecule has 4 N–H and O–H groups in total. The van der Waals surface area contributed by atoms with Gasteiger partial charge in [0.2, 0.25) is 0 Å². The summed E-state index contributed by atoms with van der Waals surface area (Å²) in [6.45, 7) is 2.68. The Morgan fingerprint density at radius 2 is 2.13 bits per heavy atom. The molecule has 1 aromatic carbocycles. The maximum absolute atomic E-state index is 9.90. The highest BCUT2D eigenvalue weighted by Gasteiger charge is 2.25. The van der Waals surface area contributed by atoms with Crippen molar-refractivity contribution >= 4 is 0 Å². The van der Waals surface area contributed by atoms with Crippen molar-refractivity contribution in [1.82, 2.24) is 0 Å². The van der Waals surface area contributed by atoms with Gasteiger partial charge in [-0.2, -0.15) is 0 Å². The molecule has 1 aliphatic heterocycles. The van der Waals surface area contributed by atoms with Gasteiger partial charge in [-0.05, 0) is 24.1 Å². The number of hydrogen-bond acceptors (Lipinski definition) is 4. The van der Waals surface area contributed by atoms with Crippen molar-refractivity contribution in [2.24, 2.45) is 5.73 Å². The van der Waals surface area contributed by atoms with E-state index in [0.717, 1.165) is 11.1 Å². The van der Waals surface area contributed by atoms with E-state index in [-0.39, 0.29) is 5.75 Å². The zero-order chi connectivity index (χ0) is 11.0. The van der Waals surface area contributed by atoms with E-state index in [9.17, 15) is 10.2 Å². The third-order valence-corrected chi connectivity index (χ3v) is 2.73. The Balaban J connectivity index is 2.50. The average molecular weight is 209 g/mol. The van der Waals surface area contributed by atoms with Crippen molar-refractivity contribution in [3.8, 4) is 5.75 Å². The fourth-order valence-corrected chi connectivity index (χ4v) is 1.86. The molecule has 15 heavy (non-hydrogen) atoms. The van der Waals surface area contributed by atoms with Crippen molar-refractivity contribution in [3.05, 3.63) is 28.8 Å². The van der Waals surface area contributed by atoms with Crippen LogP contribution in [-0.4, -0.2) is 16.3 Å². The van der Waals surface area contributed by atoms with Crippen molar-refractivity contribution in [2.75, 3.05) is 0 Å². The Kier molecular flexibility index (Phi) is 2.65.